The summed E-state index contributed by atoms with van der Waals surface area (Å²) in [6.45, 7) is 3.60. The van der Waals surface area contributed by atoms with E-state index in [0.717, 1.165) is 0 Å². The van der Waals surface area contributed by atoms with Gasteiger partial charge in [-0.05, 0) is 37.8 Å². The minimum atomic E-state index is -1.36. The number of hydrogen-bond donors (Lipinski definition) is 2. The molecule has 2 N–H and O–H groups in total. The van der Waals surface area contributed by atoms with Crippen LogP contribution in [0.5, 0.6) is 0 Å². The molecule has 8 nitrogen and oxygen atoms in total. The summed E-state index contributed by atoms with van der Waals surface area (Å²) >= 11 is 0. The van der Waals surface area contributed by atoms with E-state index >= 15 is 0 Å². The molecule has 0 aliphatic heterocycles. The normalized spacial score (nSPS) is 14.7. The molecule has 0 rings (SSSR count). The first kappa shape index (κ1) is 21.0. The van der Waals surface area contributed by atoms with Crippen LogP contribution in [-0.4, -0.2) is 22.2 Å². The van der Waals surface area contributed by atoms with Crippen molar-refractivity contribution in [3.63, 3.8) is 0 Å². The first-order chi connectivity index (χ1) is 11.4. The van der Waals surface area contributed by atoms with Crippen molar-refractivity contribution in [2.75, 3.05) is 0 Å². The van der Waals surface area contributed by atoms with Gasteiger partial charge in [0.15, 0.2) is 11.4 Å². The van der Waals surface area contributed by atoms with Crippen LogP contribution in [0.2, 0.25) is 0 Å². The molecular formula is C16H20N4O4. The first-order valence-electron chi connectivity index (χ1n) is 7.47. The van der Waals surface area contributed by atoms with Crippen molar-refractivity contribution in [3.05, 3.63) is 23.5 Å². The van der Waals surface area contributed by atoms with Gasteiger partial charge in [-0.1, -0.05) is 13.8 Å². The second-order valence-electron chi connectivity index (χ2n) is 4.93. The Morgan fingerprint density at radius 2 is 1.25 bits per heavy atom. The molecule has 0 bridgehead atoms. The third kappa shape index (κ3) is 7.85. The van der Waals surface area contributed by atoms with Gasteiger partial charge in [-0.15, -0.1) is 10.2 Å². The van der Waals surface area contributed by atoms with Crippen LogP contribution in [-0.2, 0) is 9.59 Å². The molecule has 0 amide bonds. The average Bonchev–Trinajstić information content (AvgIpc) is 2.56. The van der Waals surface area contributed by atoms with Gasteiger partial charge >= 0.3 is 11.9 Å². The van der Waals surface area contributed by atoms with Crippen LogP contribution in [0.4, 0.5) is 0 Å². The van der Waals surface area contributed by atoms with Gasteiger partial charge < -0.3 is 10.2 Å². The molecule has 0 radical (unpaired) electrons. The van der Waals surface area contributed by atoms with Crippen LogP contribution >= 0.6 is 0 Å². The van der Waals surface area contributed by atoms with E-state index in [4.69, 9.17) is 20.7 Å². The van der Waals surface area contributed by atoms with E-state index in [-0.39, 0.29) is 24.7 Å². The van der Waals surface area contributed by atoms with Gasteiger partial charge in [0.1, 0.15) is 0 Å². The Labute approximate surface area is 140 Å². The van der Waals surface area contributed by atoms with Crippen LogP contribution in [0.25, 0.3) is 0 Å². The fourth-order valence-corrected chi connectivity index (χ4v) is 1.58. The number of rotatable bonds is 10. The van der Waals surface area contributed by atoms with Crippen molar-refractivity contribution in [2.24, 2.45) is 22.1 Å². The monoisotopic (exact) mass is 332 g/mol. The topological polar surface area (TPSA) is 147 Å². The fourth-order valence-electron chi connectivity index (χ4n) is 1.58. The molecule has 0 fully saturated rings. The van der Waals surface area contributed by atoms with E-state index in [0.29, 0.717) is 12.8 Å². The highest BCUT2D eigenvalue weighted by Crippen LogP contribution is 2.14. The van der Waals surface area contributed by atoms with Crippen molar-refractivity contribution >= 4 is 11.9 Å². The summed E-state index contributed by atoms with van der Waals surface area (Å²) in [6.07, 6.45) is 3.98. The number of allylic oxidation sites excluding steroid dienone is 2. The highest BCUT2D eigenvalue weighted by molar-refractivity contribution is 5.87. The number of nitrogens with zero attached hydrogens (tertiary/aromatic N) is 4. The van der Waals surface area contributed by atoms with Crippen LogP contribution < -0.4 is 0 Å². The van der Waals surface area contributed by atoms with E-state index in [1.54, 1.807) is 13.8 Å². The highest BCUT2D eigenvalue weighted by atomic mass is 16.4. The molecule has 0 aliphatic carbocycles. The smallest absolute Gasteiger partial charge is 0.356 e. The fraction of sp³-hybridized carbons (Fsp3) is 0.500. The van der Waals surface area contributed by atoms with Crippen molar-refractivity contribution in [1.29, 1.82) is 10.5 Å². The molecule has 24 heavy (non-hydrogen) atoms. The number of nitriles is 2. The molecule has 2 atom stereocenters. The summed E-state index contributed by atoms with van der Waals surface area (Å²) in [5, 5.41) is 42.7. The lowest BCUT2D eigenvalue weighted by molar-refractivity contribution is -0.134. The highest BCUT2D eigenvalue weighted by Gasteiger charge is 2.12. The van der Waals surface area contributed by atoms with E-state index in [1.165, 1.54) is 12.2 Å². The summed E-state index contributed by atoms with van der Waals surface area (Å²) in [5.41, 5.74) is -0.855. The maximum absolute atomic E-state index is 11.1. The molecule has 0 spiro atoms. The number of azo groups is 1. The molecule has 0 saturated carbocycles. The van der Waals surface area contributed by atoms with E-state index < -0.39 is 23.3 Å². The van der Waals surface area contributed by atoms with Crippen molar-refractivity contribution in [2.45, 2.75) is 39.5 Å². The standard InChI is InChI=1S/C16H20N4O4/c1-3-11(9-17)5-7-13(15(21)22)19-20-14(16(23)24)8-6-12(4-2)10-18/h7-8,11-12H,3-6H2,1-2H3,(H,21,22)(H,23,24). The third-order valence-corrected chi connectivity index (χ3v) is 3.25. The SMILES string of the molecule is CCC(C#N)CC=C(N=NC(=CCC(C#N)CC)C(=O)O)C(=O)O. The Morgan fingerprint density at radius 1 is 0.917 bits per heavy atom. The van der Waals surface area contributed by atoms with Gasteiger partial charge in [0.25, 0.3) is 0 Å². The second-order valence-corrected chi connectivity index (χ2v) is 4.93. The molecule has 0 aromatic rings. The molecule has 2 unspecified atom stereocenters. The zero-order valence-corrected chi connectivity index (χ0v) is 13.6. The molecule has 0 aromatic carbocycles. The molecule has 0 aliphatic rings. The summed E-state index contributed by atoms with van der Waals surface area (Å²) in [6, 6.07) is 4.06. The zero-order valence-electron chi connectivity index (χ0n) is 13.6. The number of carboxylic acids is 2. The molecule has 8 heteroatoms. The Bertz CT molecular complexity index is 569. The Hall–Kier alpha value is -3.00. The second kappa shape index (κ2) is 11.6. The molecular weight excluding hydrogens is 312 g/mol. The number of aliphatic carboxylic acids is 2. The number of carboxylic acid groups (broad SMARTS) is 2. The Morgan fingerprint density at radius 3 is 1.46 bits per heavy atom. The van der Waals surface area contributed by atoms with E-state index in [9.17, 15) is 9.59 Å². The molecule has 0 saturated heterocycles. The van der Waals surface area contributed by atoms with Gasteiger partial charge in [0, 0.05) is 11.8 Å². The lowest BCUT2D eigenvalue weighted by Gasteiger charge is -2.02. The van der Waals surface area contributed by atoms with Gasteiger partial charge in [-0.25, -0.2) is 9.59 Å². The van der Waals surface area contributed by atoms with Crippen LogP contribution in [0.3, 0.4) is 0 Å². The predicted molar refractivity (Wildman–Crippen MR) is 84.3 cm³/mol. The maximum atomic E-state index is 11.1. The summed E-state index contributed by atoms with van der Waals surface area (Å²) in [5.74, 6) is -3.41. The van der Waals surface area contributed by atoms with Crippen LogP contribution in [0.15, 0.2) is 33.8 Å². The van der Waals surface area contributed by atoms with Crippen molar-refractivity contribution in [3.8, 4) is 12.1 Å². The van der Waals surface area contributed by atoms with Crippen LogP contribution in [0, 0.1) is 34.5 Å². The molecule has 128 valence electrons. The van der Waals surface area contributed by atoms with Crippen LogP contribution in [0.1, 0.15) is 39.5 Å². The lowest BCUT2D eigenvalue weighted by atomic mass is 10.0. The van der Waals surface area contributed by atoms with Crippen molar-refractivity contribution < 1.29 is 19.8 Å². The third-order valence-electron chi connectivity index (χ3n) is 3.25. The van der Waals surface area contributed by atoms with E-state index in [2.05, 4.69) is 10.2 Å². The first-order valence-corrected chi connectivity index (χ1v) is 7.47. The summed E-state index contributed by atoms with van der Waals surface area (Å²) in [7, 11) is 0. The molecule has 0 heterocycles. The number of hydrogen-bond acceptors (Lipinski definition) is 6. The van der Waals surface area contributed by atoms with Gasteiger partial charge in [0.05, 0.1) is 12.1 Å². The van der Waals surface area contributed by atoms with Crippen molar-refractivity contribution in [1.82, 2.24) is 0 Å². The van der Waals surface area contributed by atoms with Gasteiger partial charge in [0.2, 0.25) is 0 Å². The zero-order chi connectivity index (χ0) is 18.5. The predicted octanol–water partition coefficient (Wildman–Crippen LogP) is 3.26. The maximum Gasteiger partial charge on any atom is 0.356 e. The van der Waals surface area contributed by atoms with Gasteiger partial charge in [-0.3, -0.25) is 0 Å². The average molecular weight is 332 g/mol. The summed E-state index contributed by atoms with van der Waals surface area (Å²) in [4.78, 5) is 22.2. The largest absolute Gasteiger partial charge is 0.476 e. The summed E-state index contributed by atoms with van der Waals surface area (Å²) < 4.78 is 0. The number of carbonyl (C=O) groups is 2. The lowest BCUT2D eigenvalue weighted by Crippen LogP contribution is -2.02. The Balaban J connectivity index is 5.28. The minimum absolute atomic E-state index is 0.187. The minimum Gasteiger partial charge on any atom is -0.476 e. The molecule has 0 aromatic heterocycles. The Kier molecular flexibility index (Phi) is 10.1. The quantitative estimate of drug-likeness (QED) is 0.463. The van der Waals surface area contributed by atoms with E-state index in [1.807, 2.05) is 12.1 Å². The van der Waals surface area contributed by atoms with Gasteiger partial charge in [-0.2, -0.15) is 10.5 Å².